The second kappa shape index (κ2) is 11.2. The van der Waals surface area contributed by atoms with E-state index in [-0.39, 0.29) is 24.1 Å². The molecule has 1 aliphatic carbocycles. The van der Waals surface area contributed by atoms with Gasteiger partial charge < -0.3 is 14.7 Å². The molecular formula is C29H33ClFN3O. The molecule has 0 aromatic heterocycles. The molecule has 0 spiro atoms. The van der Waals surface area contributed by atoms with Crippen LogP contribution in [0.2, 0.25) is 0 Å². The molecule has 35 heavy (non-hydrogen) atoms. The van der Waals surface area contributed by atoms with Crippen molar-refractivity contribution in [3.63, 3.8) is 0 Å². The average Bonchev–Trinajstić information content (AvgIpc) is 3.20. The van der Waals surface area contributed by atoms with Gasteiger partial charge in [-0.3, -0.25) is 4.79 Å². The average molecular weight is 494 g/mol. The zero-order valence-corrected chi connectivity index (χ0v) is 21.0. The van der Waals surface area contributed by atoms with Crippen LogP contribution in [0.15, 0.2) is 72.8 Å². The third-order valence-corrected chi connectivity index (χ3v) is 7.29. The van der Waals surface area contributed by atoms with Crippen molar-refractivity contribution in [2.45, 2.75) is 18.8 Å². The van der Waals surface area contributed by atoms with E-state index >= 15 is 0 Å². The Morgan fingerprint density at radius 2 is 1.43 bits per heavy atom. The highest BCUT2D eigenvalue weighted by molar-refractivity contribution is 5.85. The topological polar surface area (TPSA) is 26.8 Å². The number of fused-ring (bicyclic) bond motifs is 3. The van der Waals surface area contributed by atoms with Crippen molar-refractivity contribution in [2.24, 2.45) is 0 Å². The first-order chi connectivity index (χ1) is 16.6. The second-order valence-electron chi connectivity index (χ2n) is 9.41. The zero-order valence-electron chi connectivity index (χ0n) is 20.2. The number of amides is 1. The summed E-state index contributed by atoms with van der Waals surface area (Å²) in [6, 6.07) is 24.1. The zero-order chi connectivity index (χ0) is 23.5. The van der Waals surface area contributed by atoms with E-state index in [1.165, 1.54) is 34.4 Å². The molecule has 0 radical (unpaired) electrons. The van der Waals surface area contributed by atoms with Crippen LogP contribution in [0.3, 0.4) is 0 Å². The molecule has 0 N–H and O–H groups in total. The smallest absolute Gasteiger partial charge is 0.223 e. The van der Waals surface area contributed by atoms with Crippen LogP contribution in [0.5, 0.6) is 0 Å². The number of anilines is 1. The first-order valence-electron chi connectivity index (χ1n) is 12.3. The Morgan fingerprint density at radius 1 is 0.857 bits per heavy atom. The number of benzene rings is 3. The SMILES string of the molecule is CN(CCC(=O)N1CCN(c2ccc(F)cc2)CC1)CCC1c2ccccc2-c2ccccc21.Cl. The Morgan fingerprint density at radius 3 is 2.03 bits per heavy atom. The highest BCUT2D eigenvalue weighted by atomic mass is 35.5. The normalized spacial score (nSPS) is 15.1. The molecule has 1 aliphatic heterocycles. The highest BCUT2D eigenvalue weighted by Gasteiger charge is 2.28. The van der Waals surface area contributed by atoms with Crippen molar-refractivity contribution in [1.29, 1.82) is 0 Å². The second-order valence-corrected chi connectivity index (χ2v) is 9.41. The van der Waals surface area contributed by atoms with Crippen LogP contribution in [0.25, 0.3) is 11.1 Å². The predicted octanol–water partition coefficient (Wildman–Crippen LogP) is 5.42. The van der Waals surface area contributed by atoms with Crippen LogP contribution in [-0.4, -0.2) is 62.0 Å². The van der Waals surface area contributed by atoms with Crippen molar-refractivity contribution in [2.75, 3.05) is 51.2 Å². The van der Waals surface area contributed by atoms with Crippen molar-refractivity contribution < 1.29 is 9.18 Å². The van der Waals surface area contributed by atoms with E-state index in [0.29, 0.717) is 12.3 Å². The minimum absolute atomic E-state index is 0. The molecule has 4 nitrogen and oxygen atoms in total. The third-order valence-electron chi connectivity index (χ3n) is 7.29. The summed E-state index contributed by atoms with van der Waals surface area (Å²) >= 11 is 0. The fourth-order valence-corrected chi connectivity index (χ4v) is 5.34. The first-order valence-corrected chi connectivity index (χ1v) is 12.3. The summed E-state index contributed by atoms with van der Waals surface area (Å²) in [5.74, 6) is 0.426. The predicted molar refractivity (Wildman–Crippen MR) is 143 cm³/mol. The van der Waals surface area contributed by atoms with E-state index in [9.17, 15) is 9.18 Å². The first kappa shape index (κ1) is 25.2. The Labute approximate surface area is 213 Å². The maximum Gasteiger partial charge on any atom is 0.223 e. The summed E-state index contributed by atoms with van der Waals surface area (Å²) in [6.45, 7) is 4.73. The van der Waals surface area contributed by atoms with Gasteiger partial charge in [-0.1, -0.05) is 48.5 Å². The van der Waals surface area contributed by atoms with Gasteiger partial charge in [-0.05, 0) is 66.5 Å². The maximum atomic E-state index is 13.2. The number of rotatable bonds is 7. The van der Waals surface area contributed by atoms with E-state index in [1.807, 2.05) is 17.0 Å². The number of halogens is 2. The molecule has 184 valence electrons. The van der Waals surface area contributed by atoms with E-state index in [2.05, 4.69) is 65.4 Å². The summed E-state index contributed by atoms with van der Waals surface area (Å²) in [5.41, 5.74) is 6.59. The van der Waals surface area contributed by atoms with Gasteiger partial charge in [0.25, 0.3) is 0 Å². The lowest BCUT2D eigenvalue weighted by molar-refractivity contribution is -0.131. The van der Waals surface area contributed by atoms with Crippen LogP contribution in [0, 0.1) is 5.82 Å². The van der Waals surface area contributed by atoms with Crippen LogP contribution < -0.4 is 4.90 Å². The minimum atomic E-state index is -0.219. The summed E-state index contributed by atoms with van der Waals surface area (Å²) in [6.07, 6.45) is 1.60. The lowest BCUT2D eigenvalue weighted by Crippen LogP contribution is -2.49. The van der Waals surface area contributed by atoms with Crippen molar-refractivity contribution in [3.05, 3.63) is 89.7 Å². The summed E-state index contributed by atoms with van der Waals surface area (Å²) < 4.78 is 13.2. The van der Waals surface area contributed by atoms with Gasteiger partial charge in [-0.2, -0.15) is 0 Å². The number of carbonyl (C=O) groups excluding carboxylic acids is 1. The molecule has 1 fully saturated rings. The van der Waals surface area contributed by atoms with Crippen LogP contribution in [-0.2, 0) is 4.79 Å². The number of hydrogen-bond donors (Lipinski definition) is 0. The van der Waals surface area contributed by atoms with Gasteiger partial charge in [0.1, 0.15) is 5.82 Å². The molecule has 1 heterocycles. The van der Waals surface area contributed by atoms with Gasteiger partial charge in [0.2, 0.25) is 5.91 Å². The number of nitrogens with zero attached hydrogens (tertiary/aromatic N) is 3. The van der Waals surface area contributed by atoms with Crippen LogP contribution in [0.4, 0.5) is 10.1 Å². The van der Waals surface area contributed by atoms with Gasteiger partial charge >= 0.3 is 0 Å². The Bertz CT molecular complexity index is 1100. The molecule has 6 heteroatoms. The molecule has 2 aliphatic rings. The van der Waals surface area contributed by atoms with Gasteiger partial charge in [0.15, 0.2) is 0 Å². The van der Waals surface area contributed by atoms with E-state index in [1.54, 1.807) is 0 Å². The lowest BCUT2D eigenvalue weighted by Gasteiger charge is -2.36. The van der Waals surface area contributed by atoms with E-state index < -0.39 is 0 Å². The molecule has 3 aromatic carbocycles. The molecule has 1 amide bonds. The molecule has 1 saturated heterocycles. The van der Waals surface area contributed by atoms with Crippen LogP contribution in [0.1, 0.15) is 29.9 Å². The monoisotopic (exact) mass is 493 g/mol. The number of carbonyl (C=O) groups is 1. The van der Waals surface area contributed by atoms with Crippen LogP contribution >= 0.6 is 12.4 Å². The third kappa shape index (κ3) is 5.52. The minimum Gasteiger partial charge on any atom is -0.368 e. The summed E-state index contributed by atoms with van der Waals surface area (Å²) in [7, 11) is 2.12. The molecular weight excluding hydrogens is 461 g/mol. The summed E-state index contributed by atoms with van der Waals surface area (Å²) in [4.78, 5) is 19.3. The molecule has 0 atom stereocenters. The largest absolute Gasteiger partial charge is 0.368 e. The highest BCUT2D eigenvalue weighted by Crippen LogP contribution is 2.46. The fraction of sp³-hybridized carbons (Fsp3) is 0.345. The number of hydrogen-bond acceptors (Lipinski definition) is 3. The van der Waals surface area contributed by atoms with Gasteiger partial charge in [0.05, 0.1) is 0 Å². The molecule has 3 aromatic rings. The Balaban J connectivity index is 0.00000289. The number of piperazine rings is 1. The van der Waals surface area contributed by atoms with Crippen molar-refractivity contribution >= 4 is 24.0 Å². The Kier molecular flexibility index (Phi) is 8.09. The molecule has 0 saturated carbocycles. The quantitative estimate of drug-likeness (QED) is 0.439. The molecule has 5 rings (SSSR count). The summed E-state index contributed by atoms with van der Waals surface area (Å²) in [5, 5.41) is 0. The van der Waals surface area contributed by atoms with Gasteiger partial charge in [-0.15, -0.1) is 12.4 Å². The Hall–Kier alpha value is -2.89. The van der Waals surface area contributed by atoms with Crippen molar-refractivity contribution in [3.8, 4) is 11.1 Å². The maximum absolute atomic E-state index is 13.2. The fourth-order valence-electron chi connectivity index (χ4n) is 5.34. The molecule has 0 bridgehead atoms. The standard InChI is InChI=1S/C29H32FN3O.ClH/c1-31(16-14-28-26-8-4-2-6-24(26)25-7-3-5-9-27(25)28)17-15-29(34)33-20-18-32(19-21-33)23-12-10-22(30)11-13-23;/h2-13,28H,14-21H2,1H3;1H. The van der Waals surface area contributed by atoms with Gasteiger partial charge in [0, 0.05) is 50.7 Å². The van der Waals surface area contributed by atoms with E-state index in [0.717, 1.165) is 51.4 Å². The molecule has 0 unspecified atom stereocenters. The lowest BCUT2D eigenvalue weighted by atomic mass is 9.93. The van der Waals surface area contributed by atoms with Crippen molar-refractivity contribution in [1.82, 2.24) is 9.80 Å². The van der Waals surface area contributed by atoms with Gasteiger partial charge in [-0.25, -0.2) is 4.39 Å². The van der Waals surface area contributed by atoms with E-state index in [4.69, 9.17) is 0 Å².